The molecule has 150 valence electrons. The largest absolute Gasteiger partial charge is 0.379 e. The smallest absolute Gasteiger partial charge is 0.283 e. The summed E-state index contributed by atoms with van der Waals surface area (Å²) in [6.07, 6.45) is 0. The van der Waals surface area contributed by atoms with Crippen LogP contribution in [0.3, 0.4) is 0 Å². The van der Waals surface area contributed by atoms with Crippen molar-refractivity contribution in [2.24, 2.45) is 11.5 Å². The topological polar surface area (TPSA) is 143 Å². The predicted octanol–water partition coefficient (Wildman–Crippen LogP) is 4.72. The fourth-order valence-electron chi connectivity index (χ4n) is 2.13. The SMILES string of the molecule is Br.N=C(N)SCc1cc(F)ccc1Sc1c(CSC(=N)N)cccc1[N+](=O)[O-]. The van der Waals surface area contributed by atoms with E-state index in [1.807, 2.05) is 0 Å². The van der Waals surface area contributed by atoms with Crippen LogP contribution in [0.15, 0.2) is 46.2 Å². The molecule has 28 heavy (non-hydrogen) atoms. The number of halogens is 2. The van der Waals surface area contributed by atoms with Crippen LogP contribution in [-0.4, -0.2) is 15.3 Å². The third kappa shape index (κ3) is 7.00. The van der Waals surface area contributed by atoms with Gasteiger partial charge in [0.1, 0.15) is 5.82 Å². The zero-order valence-electron chi connectivity index (χ0n) is 14.3. The van der Waals surface area contributed by atoms with E-state index in [4.69, 9.17) is 22.3 Å². The van der Waals surface area contributed by atoms with Crippen LogP contribution in [0.1, 0.15) is 11.1 Å². The quantitative estimate of drug-likeness (QED) is 0.184. The van der Waals surface area contributed by atoms with Gasteiger partial charge in [0.15, 0.2) is 10.3 Å². The van der Waals surface area contributed by atoms with E-state index in [9.17, 15) is 14.5 Å². The first kappa shape index (κ1) is 24.3. The van der Waals surface area contributed by atoms with Crippen LogP contribution < -0.4 is 11.5 Å². The number of thioether (sulfide) groups is 2. The zero-order valence-corrected chi connectivity index (χ0v) is 18.5. The van der Waals surface area contributed by atoms with Crippen LogP contribution >= 0.6 is 52.3 Å². The van der Waals surface area contributed by atoms with Crippen molar-refractivity contribution in [3.05, 3.63) is 63.5 Å². The van der Waals surface area contributed by atoms with Crippen LogP contribution in [0.4, 0.5) is 10.1 Å². The van der Waals surface area contributed by atoms with Gasteiger partial charge < -0.3 is 11.5 Å². The van der Waals surface area contributed by atoms with E-state index in [0.29, 0.717) is 26.7 Å². The molecule has 0 saturated carbocycles. The minimum Gasteiger partial charge on any atom is -0.379 e. The molecule has 0 aliphatic carbocycles. The fourth-order valence-corrected chi connectivity index (χ4v) is 4.55. The van der Waals surface area contributed by atoms with E-state index in [1.165, 1.54) is 18.2 Å². The van der Waals surface area contributed by atoms with Crippen molar-refractivity contribution in [2.75, 3.05) is 0 Å². The number of nitrogens with one attached hydrogen (secondary N) is 2. The number of nitrogens with two attached hydrogens (primary N) is 2. The third-order valence-electron chi connectivity index (χ3n) is 3.27. The van der Waals surface area contributed by atoms with Gasteiger partial charge in [-0.1, -0.05) is 47.4 Å². The number of hydrogen-bond acceptors (Lipinski definition) is 7. The van der Waals surface area contributed by atoms with Gasteiger partial charge in [-0.05, 0) is 29.3 Å². The highest BCUT2D eigenvalue weighted by molar-refractivity contribution is 8.93. The van der Waals surface area contributed by atoms with E-state index < -0.39 is 10.7 Å². The standard InChI is InChI=1S/C16H16FN5O2S3.BrH/c17-11-4-5-13(10(6-11)8-26-16(20)21)27-14-9(7-25-15(18)19)2-1-3-12(14)22(23)24;/h1-6H,7-8H2,(H3,18,19)(H3,20,21);1H. The van der Waals surface area contributed by atoms with Crippen LogP contribution in [0, 0.1) is 26.8 Å². The molecular weight excluding hydrogens is 489 g/mol. The molecule has 0 amide bonds. The number of rotatable bonds is 7. The van der Waals surface area contributed by atoms with Crippen LogP contribution in [-0.2, 0) is 11.5 Å². The first-order valence-electron chi connectivity index (χ1n) is 7.44. The van der Waals surface area contributed by atoms with Crippen LogP contribution in [0.5, 0.6) is 0 Å². The highest BCUT2D eigenvalue weighted by Crippen LogP contribution is 2.41. The maximum absolute atomic E-state index is 13.7. The summed E-state index contributed by atoms with van der Waals surface area (Å²) in [5.41, 5.74) is 11.9. The molecule has 7 nitrogen and oxygen atoms in total. The summed E-state index contributed by atoms with van der Waals surface area (Å²) >= 11 is 3.26. The summed E-state index contributed by atoms with van der Waals surface area (Å²) in [4.78, 5) is 12.0. The normalized spacial score (nSPS) is 10.2. The molecule has 0 radical (unpaired) electrons. The summed E-state index contributed by atoms with van der Waals surface area (Å²) in [5, 5.41) is 26.0. The van der Waals surface area contributed by atoms with Gasteiger partial charge in [0.25, 0.3) is 5.69 Å². The minimum absolute atomic E-state index is 0. The molecule has 0 aromatic heterocycles. The van der Waals surface area contributed by atoms with Gasteiger partial charge >= 0.3 is 0 Å². The molecule has 12 heteroatoms. The Hall–Kier alpha value is -1.76. The van der Waals surface area contributed by atoms with Gasteiger partial charge in [-0.15, -0.1) is 17.0 Å². The van der Waals surface area contributed by atoms with Gasteiger partial charge in [0, 0.05) is 22.5 Å². The Morgan fingerprint density at radius 2 is 1.68 bits per heavy atom. The van der Waals surface area contributed by atoms with Crippen molar-refractivity contribution >= 4 is 68.3 Å². The third-order valence-corrected chi connectivity index (χ3v) is 6.10. The number of nitro benzene ring substituents is 1. The van der Waals surface area contributed by atoms with Crippen LogP contribution in [0.2, 0.25) is 0 Å². The summed E-state index contributed by atoms with van der Waals surface area (Å²) in [7, 11) is 0. The lowest BCUT2D eigenvalue weighted by atomic mass is 10.2. The Kier molecular flexibility index (Phi) is 9.79. The van der Waals surface area contributed by atoms with E-state index in [1.54, 1.807) is 18.2 Å². The molecule has 0 heterocycles. The number of nitro groups is 1. The van der Waals surface area contributed by atoms with Crippen molar-refractivity contribution in [3.63, 3.8) is 0 Å². The molecule has 0 fully saturated rings. The minimum atomic E-state index is -0.474. The van der Waals surface area contributed by atoms with Gasteiger partial charge in [0.2, 0.25) is 0 Å². The lowest BCUT2D eigenvalue weighted by Gasteiger charge is -2.12. The molecular formula is C16H17BrFN5O2S3. The average molecular weight is 506 g/mol. The van der Waals surface area contributed by atoms with Crippen molar-refractivity contribution < 1.29 is 9.31 Å². The molecule has 0 aliphatic heterocycles. The van der Waals surface area contributed by atoms with Crippen molar-refractivity contribution in [1.82, 2.24) is 0 Å². The molecule has 2 aromatic rings. The number of hydrogen-bond donors (Lipinski definition) is 4. The summed E-state index contributed by atoms with van der Waals surface area (Å²) in [5.74, 6) is 0.138. The monoisotopic (exact) mass is 505 g/mol. The van der Waals surface area contributed by atoms with Gasteiger partial charge in [-0.2, -0.15) is 0 Å². The average Bonchev–Trinajstić information content (AvgIpc) is 2.60. The van der Waals surface area contributed by atoms with E-state index >= 15 is 0 Å². The Balaban J connectivity index is 0.00000392. The van der Waals surface area contributed by atoms with Crippen molar-refractivity contribution in [1.29, 1.82) is 10.8 Å². The lowest BCUT2D eigenvalue weighted by Crippen LogP contribution is -2.05. The molecule has 0 atom stereocenters. The Morgan fingerprint density at radius 3 is 2.25 bits per heavy atom. The Morgan fingerprint density at radius 1 is 1.07 bits per heavy atom. The highest BCUT2D eigenvalue weighted by Gasteiger charge is 2.20. The summed E-state index contributed by atoms with van der Waals surface area (Å²) in [6, 6.07) is 8.88. The van der Waals surface area contributed by atoms with E-state index in [2.05, 4.69) is 0 Å². The summed E-state index contributed by atoms with van der Waals surface area (Å²) < 4.78 is 13.7. The van der Waals surface area contributed by atoms with E-state index in [0.717, 1.165) is 35.3 Å². The maximum Gasteiger partial charge on any atom is 0.283 e. The van der Waals surface area contributed by atoms with E-state index in [-0.39, 0.29) is 38.8 Å². The first-order chi connectivity index (χ1) is 12.8. The molecule has 0 aliphatic rings. The van der Waals surface area contributed by atoms with Crippen LogP contribution in [0.25, 0.3) is 0 Å². The molecule has 2 rings (SSSR count). The second-order valence-electron chi connectivity index (χ2n) is 5.18. The number of amidine groups is 2. The van der Waals surface area contributed by atoms with Gasteiger partial charge in [-0.3, -0.25) is 20.9 Å². The Labute approximate surface area is 184 Å². The molecule has 0 saturated heterocycles. The number of benzene rings is 2. The molecule has 0 bridgehead atoms. The van der Waals surface area contributed by atoms with Gasteiger partial charge in [-0.25, -0.2) is 4.39 Å². The summed E-state index contributed by atoms with van der Waals surface area (Å²) in [6.45, 7) is 0. The molecule has 0 unspecified atom stereocenters. The first-order valence-corrected chi connectivity index (χ1v) is 10.2. The molecule has 0 spiro atoms. The highest BCUT2D eigenvalue weighted by atomic mass is 79.9. The number of nitrogens with zero attached hydrogens (tertiary/aromatic N) is 1. The lowest BCUT2D eigenvalue weighted by molar-refractivity contribution is -0.387. The molecule has 6 N–H and O–H groups in total. The second-order valence-corrected chi connectivity index (χ2v) is 8.27. The second kappa shape index (κ2) is 11.3. The Bertz CT molecular complexity index is 901. The van der Waals surface area contributed by atoms with Crippen molar-refractivity contribution in [3.8, 4) is 0 Å². The zero-order chi connectivity index (χ0) is 20.0. The van der Waals surface area contributed by atoms with Gasteiger partial charge in [0.05, 0.1) is 9.82 Å². The van der Waals surface area contributed by atoms with Crippen molar-refractivity contribution in [2.45, 2.75) is 21.3 Å². The fraction of sp³-hybridized carbons (Fsp3) is 0.125. The molecule has 2 aromatic carbocycles. The predicted molar refractivity (Wildman–Crippen MR) is 120 cm³/mol. The maximum atomic E-state index is 13.7.